The number of rotatable bonds is 2. The molecule has 0 fully saturated rings. The van der Waals surface area contributed by atoms with Crippen molar-refractivity contribution in [2.24, 2.45) is 0 Å². The summed E-state index contributed by atoms with van der Waals surface area (Å²) in [6, 6.07) is 6.76. The van der Waals surface area contributed by atoms with Crippen LogP contribution in [0.4, 0.5) is 10.5 Å². The molecule has 1 aromatic carbocycles. The Labute approximate surface area is 143 Å². The van der Waals surface area contributed by atoms with Gasteiger partial charge in [0, 0.05) is 10.7 Å². The molecule has 0 aliphatic carbocycles. The van der Waals surface area contributed by atoms with Crippen LogP contribution in [0.2, 0.25) is 5.02 Å². The zero-order chi connectivity index (χ0) is 11.8. The van der Waals surface area contributed by atoms with Crippen LogP contribution < -0.4 is 5.32 Å². The summed E-state index contributed by atoms with van der Waals surface area (Å²) in [6.07, 6.45) is -0.578. The first kappa shape index (κ1) is 20.2. The van der Waals surface area contributed by atoms with Crippen LogP contribution in [0.5, 0.6) is 0 Å². The zero-order valence-electron chi connectivity index (χ0n) is 9.50. The fraction of sp³-hybridized carbons (Fsp3) is 0.182. The molecule has 1 aromatic rings. The van der Waals surface area contributed by atoms with Gasteiger partial charge in [0.15, 0.2) is 6.61 Å². The van der Waals surface area contributed by atoms with Gasteiger partial charge in [-0.3, -0.25) is 5.32 Å². The number of carbonyl (C=O) groups is 1. The first-order valence-electron chi connectivity index (χ1n) is 4.43. The van der Waals surface area contributed by atoms with Crippen molar-refractivity contribution in [1.29, 1.82) is 0 Å². The minimum absolute atomic E-state index is 0. The molecule has 0 saturated carbocycles. The van der Waals surface area contributed by atoms with E-state index in [-0.39, 0.29) is 53.3 Å². The van der Waals surface area contributed by atoms with Crippen LogP contribution in [0.25, 0.3) is 0 Å². The van der Waals surface area contributed by atoms with Crippen molar-refractivity contribution in [3.8, 4) is 11.8 Å². The Bertz CT molecular complexity index is 435. The summed E-state index contributed by atoms with van der Waals surface area (Å²) >= 11 is 11.1. The third kappa shape index (κ3) is 8.92. The summed E-state index contributed by atoms with van der Waals surface area (Å²) in [6.45, 7) is 0.0130. The first-order valence-corrected chi connectivity index (χ1v) is 5.34. The Kier molecular flexibility index (Phi) is 13.4. The minimum atomic E-state index is -0.578. The van der Waals surface area contributed by atoms with Crippen molar-refractivity contribution in [3.63, 3.8) is 0 Å². The van der Waals surface area contributed by atoms with Gasteiger partial charge in [0.05, 0.1) is 5.88 Å². The Hall–Kier alpha value is -0.0979. The molecule has 2 radical (unpaired) electrons. The second-order valence-electron chi connectivity index (χ2n) is 2.70. The molecule has 18 heavy (non-hydrogen) atoms. The van der Waals surface area contributed by atoms with E-state index in [1.165, 1.54) is 0 Å². The Morgan fingerprint density at radius 3 is 2.72 bits per heavy atom. The predicted molar refractivity (Wildman–Crippen MR) is 83.8 cm³/mol. The topological polar surface area (TPSA) is 38.3 Å². The summed E-state index contributed by atoms with van der Waals surface area (Å²) in [7, 11) is 0. The van der Waals surface area contributed by atoms with E-state index in [9.17, 15) is 4.79 Å². The summed E-state index contributed by atoms with van der Waals surface area (Å²) < 4.78 is 4.76. The molecule has 0 atom stereocenters. The molecule has 7 heteroatoms. The number of hydrogen-bond acceptors (Lipinski definition) is 2. The van der Waals surface area contributed by atoms with Crippen LogP contribution in [-0.2, 0) is 4.74 Å². The molecule has 1 rings (SSSR count). The van der Waals surface area contributed by atoms with Crippen LogP contribution >= 0.6 is 36.7 Å². The summed E-state index contributed by atoms with van der Waals surface area (Å²) in [5.74, 6) is 5.36. The Balaban J connectivity index is 0. The van der Waals surface area contributed by atoms with Gasteiger partial charge < -0.3 is 4.74 Å². The van der Waals surface area contributed by atoms with Crippen molar-refractivity contribution in [2.75, 3.05) is 17.8 Å². The Morgan fingerprint density at radius 1 is 1.39 bits per heavy atom. The van der Waals surface area contributed by atoms with Gasteiger partial charge in [-0.15, -0.1) is 11.6 Å². The molecule has 0 saturated heterocycles. The predicted octanol–water partition coefficient (Wildman–Crippen LogP) is 2.33. The van der Waals surface area contributed by atoms with Crippen LogP contribution in [0.1, 0.15) is 0 Å². The molecular weight excluding hydrogens is 488 g/mol. The van der Waals surface area contributed by atoms with E-state index in [2.05, 4.69) is 17.2 Å². The van der Waals surface area contributed by atoms with Gasteiger partial charge in [-0.2, -0.15) is 13.5 Å². The summed E-state index contributed by atoms with van der Waals surface area (Å²) in [4.78, 5) is 11.2. The number of ether oxygens (including phenoxy) is 1. The van der Waals surface area contributed by atoms with E-state index >= 15 is 0 Å². The van der Waals surface area contributed by atoms with Crippen molar-refractivity contribution < 1.29 is 9.53 Å². The molecule has 0 bridgehead atoms. The SMILES string of the molecule is O=C(Nc1cccc(Cl)c1)OCC#CCCl.S.[PbH2]. The number of nitrogens with one attached hydrogen (secondary N) is 1. The quantitative estimate of drug-likeness (QED) is 0.384. The van der Waals surface area contributed by atoms with Crippen LogP contribution in [0, 0.1) is 11.8 Å². The molecule has 0 aliphatic rings. The monoisotopic (exact) mass is 501 g/mol. The Morgan fingerprint density at radius 2 is 2.11 bits per heavy atom. The van der Waals surface area contributed by atoms with Gasteiger partial charge in [0.25, 0.3) is 0 Å². The van der Waals surface area contributed by atoms with Gasteiger partial charge in [0.1, 0.15) is 0 Å². The molecular formula is C11H13Cl2NO2PbS. The molecule has 0 spiro atoms. The van der Waals surface area contributed by atoms with Gasteiger partial charge >= 0.3 is 33.4 Å². The molecule has 0 unspecified atom stereocenters. The van der Waals surface area contributed by atoms with E-state index < -0.39 is 6.09 Å². The van der Waals surface area contributed by atoms with Gasteiger partial charge in [-0.25, -0.2) is 4.79 Å². The average molecular weight is 501 g/mol. The zero-order valence-corrected chi connectivity index (χ0v) is 17.5. The summed E-state index contributed by atoms with van der Waals surface area (Å²) in [5, 5.41) is 3.05. The summed E-state index contributed by atoms with van der Waals surface area (Å²) in [5.41, 5.74) is 0.572. The molecule has 98 valence electrons. The molecule has 3 nitrogen and oxygen atoms in total. The number of halogens is 2. The normalized spacial score (nSPS) is 7.89. The van der Waals surface area contributed by atoms with Crippen molar-refractivity contribution in [1.82, 2.24) is 0 Å². The standard InChI is InChI=1S/C11H9Cl2NO2.Pb.H2S.2H/c12-6-1-2-7-16-11(15)14-10-5-3-4-9(13)8-10;;;;/h3-5,8H,6-7H2,(H,14,15);;1H2;;. The van der Waals surface area contributed by atoms with E-state index in [4.69, 9.17) is 27.9 Å². The molecule has 1 N–H and O–H groups in total. The van der Waals surface area contributed by atoms with Crippen molar-refractivity contribution in [2.45, 2.75) is 0 Å². The van der Waals surface area contributed by atoms with Crippen LogP contribution in [-0.4, -0.2) is 45.9 Å². The number of carbonyl (C=O) groups excluding carboxylic acids is 1. The number of benzene rings is 1. The second kappa shape index (κ2) is 12.0. The fourth-order valence-corrected chi connectivity index (χ4v) is 1.20. The molecule has 0 heterocycles. The molecule has 1 amide bonds. The van der Waals surface area contributed by atoms with E-state index in [1.54, 1.807) is 24.3 Å². The third-order valence-corrected chi connectivity index (χ3v) is 1.91. The van der Waals surface area contributed by atoms with Crippen molar-refractivity contribution in [3.05, 3.63) is 29.3 Å². The maximum absolute atomic E-state index is 11.2. The number of amides is 1. The van der Waals surface area contributed by atoms with E-state index in [0.29, 0.717) is 10.7 Å². The average Bonchev–Trinajstić information content (AvgIpc) is 2.24. The van der Waals surface area contributed by atoms with Crippen LogP contribution in [0.15, 0.2) is 24.3 Å². The molecule has 0 aromatic heterocycles. The van der Waals surface area contributed by atoms with Gasteiger partial charge in [0.2, 0.25) is 0 Å². The van der Waals surface area contributed by atoms with E-state index in [0.717, 1.165) is 0 Å². The number of anilines is 1. The second-order valence-corrected chi connectivity index (χ2v) is 3.40. The number of alkyl halides is 1. The van der Waals surface area contributed by atoms with Crippen LogP contribution in [0.3, 0.4) is 0 Å². The maximum atomic E-state index is 11.2. The first-order chi connectivity index (χ1) is 7.72. The third-order valence-electron chi connectivity index (χ3n) is 1.54. The fourth-order valence-electron chi connectivity index (χ4n) is 0.920. The number of hydrogen-bond donors (Lipinski definition) is 1. The molecule has 0 aliphatic heterocycles. The van der Waals surface area contributed by atoms with Crippen molar-refractivity contribution >= 4 is 75.8 Å². The van der Waals surface area contributed by atoms with Gasteiger partial charge in [-0.05, 0) is 18.2 Å². The van der Waals surface area contributed by atoms with E-state index in [1.807, 2.05) is 0 Å². The van der Waals surface area contributed by atoms with Gasteiger partial charge in [-0.1, -0.05) is 29.5 Å².